The summed E-state index contributed by atoms with van der Waals surface area (Å²) in [5.74, 6) is 0.755. The number of carbonyl (C=O) groups excluding carboxylic acids is 3. The highest BCUT2D eigenvalue weighted by Crippen LogP contribution is 2.38. The van der Waals surface area contributed by atoms with Gasteiger partial charge >= 0.3 is 11.9 Å². The van der Waals surface area contributed by atoms with Crippen LogP contribution in [-0.4, -0.2) is 37.9 Å². The molecule has 0 fully saturated rings. The smallest absolute Gasteiger partial charge is 0.314 e. The van der Waals surface area contributed by atoms with Crippen molar-refractivity contribution in [2.75, 3.05) is 20.2 Å². The van der Waals surface area contributed by atoms with Crippen LogP contribution >= 0.6 is 0 Å². The topological polar surface area (TPSA) is 97.4 Å². The van der Waals surface area contributed by atoms with Gasteiger partial charge in [0.2, 0.25) is 13.6 Å². The van der Waals surface area contributed by atoms with Crippen LogP contribution in [0.4, 0.5) is 0 Å². The summed E-state index contributed by atoms with van der Waals surface area (Å²) < 4.78 is 28.5. The van der Waals surface area contributed by atoms with E-state index in [0.717, 1.165) is 23.1 Å². The molecule has 0 N–H and O–H groups in total. The minimum absolute atomic E-state index is 0.202. The third-order valence-corrected chi connectivity index (χ3v) is 6.60. The van der Waals surface area contributed by atoms with Crippen molar-refractivity contribution >= 4 is 23.8 Å². The quantitative estimate of drug-likeness (QED) is 0.0597. The SMILES string of the molecule is C/C=C/Cc1cc(/C=C/C(=O)c2ccc(OCOC(=O)C(C)(C)C)cc2)c(OCCC)c(C/C=C/C)c1OCOC(=O)C(C)(C)C. The van der Waals surface area contributed by atoms with E-state index >= 15 is 0 Å². The third-order valence-electron chi connectivity index (χ3n) is 6.60. The molecule has 0 atom stereocenters. The fraction of sp³-hybridized carbons (Fsp3) is 0.447. The van der Waals surface area contributed by atoms with Gasteiger partial charge in [-0.05, 0) is 123 Å². The number of ether oxygens (including phenoxy) is 5. The number of ketones is 1. The van der Waals surface area contributed by atoms with Gasteiger partial charge < -0.3 is 23.7 Å². The molecule has 0 aliphatic heterocycles. The molecule has 0 aliphatic rings. The fourth-order valence-electron chi connectivity index (χ4n) is 3.99. The summed E-state index contributed by atoms with van der Waals surface area (Å²) in [6.07, 6.45) is 13.1. The summed E-state index contributed by atoms with van der Waals surface area (Å²) in [6, 6.07) is 8.58. The zero-order chi connectivity index (χ0) is 34.3. The largest absolute Gasteiger partial charge is 0.493 e. The number of hydrogen-bond acceptors (Lipinski definition) is 8. The van der Waals surface area contributed by atoms with Crippen molar-refractivity contribution in [2.45, 2.75) is 81.6 Å². The van der Waals surface area contributed by atoms with Crippen LogP contribution in [-0.2, 0) is 31.9 Å². The minimum atomic E-state index is -0.657. The lowest BCUT2D eigenvalue weighted by atomic mass is 9.96. The number of allylic oxidation sites excluding steroid dienone is 5. The van der Waals surface area contributed by atoms with Gasteiger partial charge in [0.25, 0.3) is 0 Å². The molecule has 0 heterocycles. The molecule has 46 heavy (non-hydrogen) atoms. The van der Waals surface area contributed by atoms with Crippen LogP contribution in [0.15, 0.2) is 60.7 Å². The van der Waals surface area contributed by atoms with Crippen LogP contribution in [0.25, 0.3) is 6.08 Å². The van der Waals surface area contributed by atoms with E-state index in [9.17, 15) is 14.4 Å². The zero-order valence-corrected chi connectivity index (χ0v) is 28.9. The summed E-state index contributed by atoms with van der Waals surface area (Å²) in [5.41, 5.74) is 1.60. The Morgan fingerprint density at radius 3 is 1.85 bits per heavy atom. The normalized spacial score (nSPS) is 12.1. The molecule has 2 aromatic rings. The zero-order valence-electron chi connectivity index (χ0n) is 28.9. The standard InChI is InChI=1S/C38H50O8/c1-10-13-15-28-24-29(19-22-32(39)27-17-20-30(21-18-27)43-25-45-35(40)37(4,5)6)33(42-23-12-3)31(16-14-11-2)34(28)44-26-46-36(41)38(7,8)9/h10-11,13-14,17-22,24H,12,15-16,23,25-26H2,1-9H3/b13-10+,14-11+,22-19+. The predicted molar refractivity (Wildman–Crippen MR) is 181 cm³/mol. The molecule has 8 nitrogen and oxygen atoms in total. The molecule has 0 bridgehead atoms. The maximum atomic E-state index is 13.2. The number of carbonyl (C=O) groups is 3. The van der Waals surface area contributed by atoms with Crippen molar-refractivity contribution in [2.24, 2.45) is 10.8 Å². The molecule has 250 valence electrons. The second-order valence-corrected chi connectivity index (χ2v) is 12.8. The molecule has 0 radical (unpaired) electrons. The van der Waals surface area contributed by atoms with Crippen molar-refractivity contribution in [3.8, 4) is 17.2 Å². The molecular formula is C38H50O8. The number of benzene rings is 2. The van der Waals surface area contributed by atoms with Crippen LogP contribution < -0.4 is 14.2 Å². The van der Waals surface area contributed by atoms with Crippen molar-refractivity contribution in [1.29, 1.82) is 0 Å². The molecule has 0 saturated carbocycles. The summed E-state index contributed by atoms with van der Waals surface area (Å²) in [5, 5.41) is 0. The highest BCUT2D eigenvalue weighted by atomic mass is 16.7. The maximum absolute atomic E-state index is 13.2. The van der Waals surface area contributed by atoms with Gasteiger partial charge in [-0.2, -0.15) is 0 Å². The Morgan fingerprint density at radius 2 is 1.30 bits per heavy atom. The van der Waals surface area contributed by atoms with E-state index in [-0.39, 0.29) is 31.3 Å². The van der Waals surface area contributed by atoms with Crippen molar-refractivity contribution in [1.82, 2.24) is 0 Å². The first kappa shape index (κ1) is 37.9. The third kappa shape index (κ3) is 11.9. The van der Waals surface area contributed by atoms with Gasteiger partial charge in [0.1, 0.15) is 17.2 Å². The van der Waals surface area contributed by atoms with Gasteiger partial charge in [0.05, 0.1) is 17.4 Å². The Bertz CT molecular complexity index is 1400. The molecular weight excluding hydrogens is 584 g/mol. The van der Waals surface area contributed by atoms with Crippen LogP contribution in [0.3, 0.4) is 0 Å². The lowest BCUT2D eigenvalue weighted by molar-refractivity contribution is -0.160. The fourth-order valence-corrected chi connectivity index (χ4v) is 3.99. The van der Waals surface area contributed by atoms with Gasteiger partial charge in [0, 0.05) is 16.7 Å². The summed E-state index contributed by atoms with van der Waals surface area (Å²) >= 11 is 0. The first-order valence-electron chi connectivity index (χ1n) is 15.7. The highest BCUT2D eigenvalue weighted by Gasteiger charge is 2.25. The lowest BCUT2D eigenvalue weighted by Gasteiger charge is -2.22. The van der Waals surface area contributed by atoms with Crippen molar-refractivity contribution in [3.63, 3.8) is 0 Å². The van der Waals surface area contributed by atoms with Gasteiger partial charge in [-0.15, -0.1) is 0 Å². The number of rotatable bonds is 16. The molecule has 0 spiro atoms. The van der Waals surface area contributed by atoms with Crippen molar-refractivity contribution in [3.05, 3.63) is 83.0 Å². The predicted octanol–water partition coefficient (Wildman–Crippen LogP) is 8.46. The second-order valence-electron chi connectivity index (χ2n) is 12.8. The second kappa shape index (κ2) is 18.0. The van der Waals surface area contributed by atoms with Gasteiger partial charge in [-0.25, -0.2) is 0 Å². The van der Waals surface area contributed by atoms with E-state index < -0.39 is 10.8 Å². The van der Waals surface area contributed by atoms with E-state index in [0.29, 0.717) is 42.3 Å². The lowest BCUT2D eigenvalue weighted by Crippen LogP contribution is -2.25. The highest BCUT2D eigenvalue weighted by molar-refractivity contribution is 6.07. The summed E-state index contributed by atoms with van der Waals surface area (Å²) in [4.78, 5) is 37.5. The van der Waals surface area contributed by atoms with Crippen LogP contribution in [0, 0.1) is 10.8 Å². The number of esters is 2. The van der Waals surface area contributed by atoms with E-state index in [1.165, 1.54) is 6.08 Å². The minimum Gasteiger partial charge on any atom is -0.493 e. The Labute approximate surface area is 274 Å². The average molecular weight is 635 g/mol. The van der Waals surface area contributed by atoms with Gasteiger partial charge in [-0.3, -0.25) is 14.4 Å². The van der Waals surface area contributed by atoms with E-state index in [2.05, 4.69) is 0 Å². The Balaban J connectivity index is 2.41. The van der Waals surface area contributed by atoms with Gasteiger partial charge in [0.15, 0.2) is 5.78 Å². The first-order chi connectivity index (χ1) is 21.7. The molecule has 2 aromatic carbocycles. The molecule has 0 amide bonds. The monoisotopic (exact) mass is 634 g/mol. The van der Waals surface area contributed by atoms with Crippen molar-refractivity contribution < 1.29 is 38.1 Å². The Kier molecular flexibility index (Phi) is 14.8. The van der Waals surface area contributed by atoms with Crippen LogP contribution in [0.5, 0.6) is 17.2 Å². The molecule has 0 aliphatic carbocycles. The Morgan fingerprint density at radius 1 is 0.739 bits per heavy atom. The molecule has 0 unspecified atom stereocenters. The van der Waals surface area contributed by atoms with Crippen LogP contribution in [0.2, 0.25) is 0 Å². The summed E-state index contributed by atoms with van der Waals surface area (Å²) in [6.45, 7) is 16.6. The average Bonchev–Trinajstić information content (AvgIpc) is 3.00. The summed E-state index contributed by atoms with van der Waals surface area (Å²) in [7, 11) is 0. The molecule has 8 heteroatoms. The molecule has 0 saturated heterocycles. The molecule has 2 rings (SSSR count). The van der Waals surface area contributed by atoms with E-state index in [1.54, 1.807) is 71.9 Å². The Hall–Kier alpha value is -4.33. The first-order valence-corrected chi connectivity index (χ1v) is 15.7. The molecule has 0 aromatic heterocycles. The maximum Gasteiger partial charge on any atom is 0.314 e. The van der Waals surface area contributed by atoms with E-state index in [1.807, 2.05) is 51.1 Å². The van der Waals surface area contributed by atoms with Gasteiger partial charge in [-0.1, -0.05) is 31.2 Å². The number of hydrogen-bond donors (Lipinski definition) is 0. The van der Waals surface area contributed by atoms with Crippen LogP contribution in [0.1, 0.15) is 95.8 Å². The van der Waals surface area contributed by atoms with E-state index in [4.69, 9.17) is 23.7 Å².